The van der Waals surface area contributed by atoms with Crippen molar-refractivity contribution in [3.05, 3.63) is 23.0 Å². The zero-order chi connectivity index (χ0) is 12.4. The number of rotatable bonds is 2. The van der Waals surface area contributed by atoms with Crippen LogP contribution in [0, 0.1) is 0 Å². The van der Waals surface area contributed by atoms with Gasteiger partial charge in [-0.25, -0.2) is 0 Å². The predicted octanol–water partition coefficient (Wildman–Crippen LogP) is 1.50. The van der Waals surface area contributed by atoms with Crippen LogP contribution in [0.4, 0.5) is 0 Å². The number of likely N-dealkylation sites (N-methyl/N-ethyl adjacent to an activating group) is 1. The van der Waals surface area contributed by atoms with E-state index in [1.807, 2.05) is 19.0 Å². The van der Waals surface area contributed by atoms with Crippen molar-refractivity contribution in [2.45, 2.75) is 18.9 Å². The summed E-state index contributed by atoms with van der Waals surface area (Å²) in [5, 5.41) is 3.92. The molecule has 1 aromatic rings. The molecule has 1 amide bonds. The average molecular weight is 256 g/mol. The Balaban J connectivity index is 2.11. The van der Waals surface area contributed by atoms with Gasteiger partial charge in [0.1, 0.15) is 5.69 Å². The molecule has 94 valence electrons. The van der Waals surface area contributed by atoms with Crippen LogP contribution < -0.4 is 5.32 Å². The van der Waals surface area contributed by atoms with Gasteiger partial charge in [0, 0.05) is 32.9 Å². The number of aromatic nitrogens is 1. The molecule has 5 heteroatoms. The second-order valence-electron chi connectivity index (χ2n) is 4.57. The van der Waals surface area contributed by atoms with Gasteiger partial charge in [0.05, 0.1) is 5.02 Å². The van der Waals surface area contributed by atoms with Gasteiger partial charge in [0.2, 0.25) is 0 Å². The first kappa shape index (κ1) is 12.5. The van der Waals surface area contributed by atoms with E-state index in [1.54, 1.807) is 16.8 Å². The molecule has 1 aromatic heterocycles. The van der Waals surface area contributed by atoms with Gasteiger partial charge >= 0.3 is 0 Å². The van der Waals surface area contributed by atoms with Crippen molar-refractivity contribution in [2.75, 3.05) is 20.1 Å². The lowest BCUT2D eigenvalue weighted by Crippen LogP contribution is -2.47. The molecule has 0 saturated carbocycles. The van der Waals surface area contributed by atoms with Crippen molar-refractivity contribution >= 4 is 17.5 Å². The molecule has 1 aliphatic heterocycles. The van der Waals surface area contributed by atoms with E-state index in [2.05, 4.69) is 5.32 Å². The van der Waals surface area contributed by atoms with Crippen LogP contribution in [0.2, 0.25) is 5.02 Å². The van der Waals surface area contributed by atoms with Crippen molar-refractivity contribution in [1.29, 1.82) is 0 Å². The lowest BCUT2D eigenvalue weighted by molar-refractivity contribution is 0.0698. The molecule has 1 unspecified atom stereocenters. The van der Waals surface area contributed by atoms with E-state index in [0.717, 1.165) is 25.9 Å². The molecule has 1 saturated heterocycles. The lowest BCUT2D eigenvalue weighted by atomic mass is 10.1. The van der Waals surface area contributed by atoms with Gasteiger partial charge < -0.3 is 14.8 Å². The second-order valence-corrected chi connectivity index (χ2v) is 5.01. The summed E-state index contributed by atoms with van der Waals surface area (Å²) >= 11 is 5.90. The van der Waals surface area contributed by atoms with E-state index in [-0.39, 0.29) is 11.9 Å². The van der Waals surface area contributed by atoms with Crippen LogP contribution in [-0.4, -0.2) is 41.6 Å². The Morgan fingerprint density at radius 2 is 2.41 bits per heavy atom. The Morgan fingerprint density at radius 1 is 1.65 bits per heavy atom. The third kappa shape index (κ3) is 2.64. The van der Waals surface area contributed by atoms with E-state index in [9.17, 15) is 4.79 Å². The normalized spacial score (nSPS) is 20.3. The highest BCUT2D eigenvalue weighted by Crippen LogP contribution is 2.17. The first-order chi connectivity index (χ1) is 8.09. The van der Waals surface area contributed by atoms with Gasteiger partial charge in [-0.05, 0) is 25.5 Å². The zero-order valence-corrected chi connectivity index (χ0v) is 11.0. The van der Waals surface area contributed by atoms with Crippen LogP contribution in [0.1, 0.15) is 23.3 Å². The highest BCUT2D eigenvalue weighted by atomic mass is 35.5. The molecular weight excluding hydrogens is 238 g/mol. The van der Waals surface area contributed by atoms with E-state index in [1.165, 1.54) is 0 Å². The highest BCUT2D eigenvalue weighted by Gasteiger charge is 2.24. The average Bonchev–Trinajstić information content (AvgIpc) is 2.68. The number of amides is 1. The zero-order valence-electron chi connectivity index (χ0n) is 10.2. The molecule has 17 heavy (non-hydrogen) atoms. The number of carbonyl (C=O) groups is 1. The molecule has 1 atom stereocenters. The Labute approximate surface area is 107 Å². The first-order valence-corrected chi connectivity index (χ1v) is 6.27. The van der Waals surface area contributed by atoms with Crippen LogP contribution in [0.25, 0.3) is 0 Å². The molecule has 0 aromatic carbocycles. The molecule has 2 rings (SSSR count). The molecular formula is C12H18ClN3O. The maximum atomic E-state index is 12.3. The Bertz CT molecular complexity index is 410. The molecule has 4 nitrogen and oxygen atoms in total. The summed E-state index contributed by atoms with van der Waals surface area (Å²) in [6.45, 7) is 1.93. The van der Waals surface area contributed by atoms with Crippen molar-refractivity contribution < 1.29 is 4.79 Å². The summed E-state index contributed by atoms with van der Waals surface area (Å²) in [6, 6.07) is 2.00. The Hall–Kier alpha value is -1.00. The maximum Gasteiger partial charge on any atom is 0.270 e. The van der Waals surface area contributed by atoms with Gasteiger partial charge in [-0.1, -0.05) is 11.6 Å². The van der Waals surface area contributed by atoms with E-state index < -0.39 is 0 Å². The summed E-state index contributed by atoms with van der Waals surface area (Å²) in [5.74, 6) is 0.0353. The van der Waals surface area contributed by atoms with E-state index in [4.69, 9.17) is 11.6 Å². The van der Waals surface area contributed by atoms with Crippen LogP contribution >= 0.6 is 11.6 Å². The molecule has 0 spiro atoms. The van der Waals surface area contributed by atoms with E-state index in [0.29, 0.717) is 10.7 Å². The molecule has 0 bridgehead atoms. The Morgan fingerprint density at radius 3 is 2.94 bits per heavy atom. The smallest absolute Gasteiger partial charge is 0.270 e. The number of hydrogen-bond acceptors (Lipinski definition) is 2. The third-order valence-corrected chi connectivity index (χ3v) is 3.54. The molecule has 2 heterocycles. The van der Waals surface area contributed by atoms with Crippen molar-refractivity contribution in [2.24, 2.45) is 7.05 Å². The number of halogens is 1. The van der Waals surface area contributed by atoms with Crippen LogP contribution in [0.15, 0.2) is 12.3 Å². The van der Waals surface area contributed by atoms with Crippen molar-refractivity contribution in [3.8, 4) is 0 Å². The number of nitrogens with one attached hydrogen (secondary N) is 1. The molecule has 1 fully saturated rings. The molecule has 0 aliphatic carbocycles. The number of carbonyl (C=O) groups excluding carboxylic acids is 1. The van der Waals surface area contributed by atoms with Gasteiger partial charge in [0.15, 0.2) is 0 Å². The SMILES string of the molecule is CN(C(=O)c1cc(Cl)cn1C)C1CCCNC1. The minimum absolute atomic E-state index is 0.0353. The van der Waals surface area contributed by atoms with Gasteiger partial charge in [0.25, 0.3) is 5.91 Å². The minimum Gasteiger partial charge on any atom is -0.345 e. The van der Waals surface area contributed by atoms with Gasteiger partial charge in [-0.2, -0.15) is 0 Å². The molecule has 0 radical (unpaired) electrons. The van der Waals surface area contributed by atoms with Crippen LogP contribution in [0.3, 0.4) is 0 Å². The summed E-state index contributed by atoms with van der Waals surface area (Å²) in [5.41, 5.74) is 0.642. The quantitative estimate of drug-likeness (QED) is 0.870. The van der Waals surface area contributed by atoms with Crippen LogP contribution in [-0.2, 0) is 7.05 Å². The molecule has 1 N–H and O–H groups in total. The fraction of sp³-hybridized carbons (Fsp3) is 0.583. The lowest BCUT2D eigenvalue weighted by Gasteiger charge is -2.31. The third-order valence-electron chi connectivity index (χ3n) is 3.33. The predicted molar refractivity (Wildman–Crippen MR) is 68.4 cm³/mol. The fourth-order valence-corrected chi connectivity index (χ4v) is 2.50. The monoisotopic (exact) mass is 255 g/mol. The van der Waals surface area contributed by atoms with Gasteiger partial charge in [-0.3, -0.25) is 4.79 Å². The summed E-state index contributed by atoms with van der Waals surface area (Å²) in [7, 11) is 3.70. The second kappa shape index (κ2) is 5.10. The standard InChI is InChI=1S/C12H18ClN3O/c1-15-8-9(13)6-11(15)12(17)16(2)10-4-3-5-14-7-10/h6,8,10,14H,3-5,7H2,1-2H3. The topological polar surface area (TPSA) is 37.3 Å². The number of piperidine rings is 1. The number of nitrogens with zero attached hydrogens (tertiary/aromatic N) is 2. The number of aryl methyl sites for hydroxylation is 1. The first-order valence-electron chi connectivity index (χ1n) is 5.89. The maximum absolute atomic E-state index is 12.3. The van der Waals surface area contributed by atoms with E-state index >= 15 is 0 Å². The summed E-state index contributed by atoms with van der Waals surface area (Å²) in [6.07, 6.45) is 3.94. The van der Waals surface area contributed by atoms with Crippen LogP contribution in [0.5, 0.6) is 0 Å². The van der Waals surface area contributed by atoms with Gasteiger partial charge in [-0.15, -0.1) is 0 Å². The van der Waals surface area contributed by atoms with Crippen molar-refractivity contribution in [1.82, 2.24) is 14.8 Å². The van der Waals surface area contributed by atoms with Crippen molar-refractivity contribution in [3.63, 3.8) is 0 Å². The number of hydrogen-bond donors (Lipinski definition) is 1. The Kier molecular flexibility index (Phi) is 3.74. The summed E-state index contributed by atoms with van der Waals surface area (Å²) in [4.78, 5) is 14.1. The molecule has 1 aliphatic rings. The highest BCUT2D eigenvalue weighted by molar-refractivity contribution is 6.31. The minimum atomic E-state index is 0.0353. The summed E-state index contributed by atoms with van der Waals surface area (Å²) < 4.78 is 1.78. The largest absolute Gasteiger partial charge is 0.345 e. The fourth-order valence-electron chi connectivity index (χ4n) is 2.25.